The van der Waals surface area contributed by atoms with Gasteiger partial charge in [0.2, 0.25) is 0 Å². The molecule has 0 bridgehead atoms. The summed E-state index contributed by atoms with van der Waals surface area (Å²) in [6.45, 7) is 3.87. The van der Waals surface area contributed by atoms with Crippen LogP contribution in [0.3, 0.4) is 0 Å². The molecule has 1 fully saturated rings. The van der Waals surface area contributed by atoms with E-state index >= 15 is 0 Å². The number of piperidine rings is 1. The molecule has 1 aliphatic rings. The maximum absolute atomic E-state index is 13.3. The maximum atomic E-state index is 13.3. The number of amides is 1. The van der Waals surface area contributed by atoms with Crippen molar-refractivity contribution in [3.8, 4) is 17.0 Å². The highest BCUT2D eigenvalue weighted by Crippen LogP contribution is 2.28. The number of nitrogens with zero attached hydrogens (tertiary/aromatic N) is 2. The smallest absolute Gasteiger partial charge is 0.254 e. The van der Waals surface area contributed by atoms with Gasteiger partial charge in [0.05, 0.1) is 23.9 Å². The zero-order valence-electron chi connectivity index (χ0n) is 15.8. The molecule has 138 valence electrons. The fourth-order valence-electron chi connectivity index (χ4n) is 3.81. The predicted octanol–water partition coefficient (Wildman–Crippen LogP) is 4.78. The molecule has 0 radical (unpaired) electrons. The van der Waals surface area contributed by atoms with Crippen LogP contribution in [0.2, 0.25) is 0 Å². The first-order valence-corrected chi connectivity index (χ1v) is 9.49. The Hall–Kier alpha value is -2.88. The van der Waals surface area contributed by atoms with Crippen molar-refractivity contribution in [2.45, 2.75) is 19.8 Å². The molecule has 0 spiro atoms. The van der Waals surface area contributed by atoms with Crippen LogP contribution in [-0.4, -0.2) is 36.0 Å². The highest BCUT2D eigenvalue weighted by atomic mass is 16.5. The van der Waals surface area contributed by atoms with Gasteiger partial charge in [-0.25, -0.2) is 4.98 Å². The number of aromatic nitrogens is 1. The molecule has 0 aliphatic carbocycles. The third-order valence-corrected chi connectivity index (χ3v) is 5.28. The number of ether oxygens (including phenoxy) is 1. The summed E-state index contributed by atoms with van der Waals surface area (Å²) >= 11 is 0. The van der Waals surface area contributed by atoms with E-state index in [1.807, 2.05) is 59.5 Å². The van der Waals surface area contributed by atoms with Crippen LogP contribution < -0.4 is 4.74 Å². The van der Waals surface area contributed by atoms with Crippen molar-refractivity contribution in [2.24, 2.45) is 5.92 Å². The highest BCUT2D eigenvalue weighted by molar-refractivity contribution is 6.07. The minimum Gasteiger partial charge on any atom is -0.497 e. The number of rotatable bonds is 3. The average Bonchev–Trinajstić information content (AvgIpc) is 2.72. The zero-order chi connectivity index (χ0) is 18.8. The SMILES string of the molecule is COc1ccc(-c2cc(C(=O)N3CCC[C@@H](C)C3)c3ccccc3n2)cc1. The van der Waals surface area contributed by atoms with Gasteiger partial charge in [0, 0.05) is 24.0 Å². The van der Waals surface area contributed by atoms with Crippen molar-refractivity contribution in [1.29, 1.82) is 0 Å². The van der Waals surface area contributed by atoms with Crippen molar-refractivity contribution >= 4 is 16.8 Å². The quantitative estimate of drug-likeness (QED) is 0.675. The number of methoxy groups -OCH3 is 1. The molecule has 0 N–H and O–H groups in total. The molecule has 1 aliphatic heterocycles. The highest BCUT2D eigenvalue weighted by Gasteiger charge is 2.24. The Morgan fingerprint density at radius 1 is 1.15 bits per heavy atom. The number of para-hydroxylation sites is 1. The van der Waals surface area contributed by atoms with Crippen LogP contribution >= 0.6 is 0 Å². The molecule has 1 atom stereocenters. The fraction of sp³-hybridized carbons (Fsp3) is 0.304. The van der Waals surface area contributed by atoms with Crippen LogP contribution in [-0.2, 0) is 0 Å². The van der Waals surface area contributed by atoms with E-state index in [9.17, 15) is 4.79 Å². The zero-order valence-corrected chi connectivity index (χ0v) is 15.8. The van der Waals surface area contributed by atoms with Gasteiger partial charge in [-0.3, -0.25) is 4.79 Å². The monoisotopic (exact) mass is 360 g/mol. The van der Waals surface area contributed by atoms with Crippen LogP contribution in [0, 0.1) is 5.92 Å². The Morgan fingerprint density at radius 3 is 2.67 bits per heavy atom. The predicted molar refractivity (Wildman–Crippen MR) is 108 cm³/mol. The molecule has 4 rings (SSSR count). The van der Waals surface area contributed by atoms with E-state index in [1.54, 1.807) is 7.11 Å². The lowest BCUT2D eigenvalue weighted by Gasteiger charge is -2.31. The third kappa shape index (κ3) is 3.52. The van der Waals surface area contributed by atoms with Gasteiger partial charge in [-0.15, -0.1) is 0 Å². The standard InChI is InChI=1S/C23H24N2O2/c1-16-6-5-13-25(15-16)23(26)20-14-22(17-9-11-18(27-2)12-10-17)24-21-8-4-3-7-19(20)21/h3-4,7-12,14,16H,5-6,13,15H2,1-2H3/t16-/m1/s1. The Bertz CT molecular complexity index is 966. The second-order valence-electron chi connectivity index (χ2n) is 7.30. The first-order valence-electron chi connectivity index (χ1n) is 9.49. The number of benzene rings is 2. The third-order valence-electron chi connectivity index (χ3n) is 5.28. The van der Waals surface area contributed by atoms with Crippen LogP contribution in [0.4, 0.5) is 0 Å². The number of carbonyl (C=O) groups is 1. The van der Waals surface area contributed by atoms with Crippen LogP contribution in [0.15, 0.2) is 54.6 Å². The normalized spacial score (nSPS) is 17.1. The Balaban J connectivity index is 1.79. The van der Waals surface area contributed by atoms with Gasteiger partial charge in [0.25, 0.3) is 5.91 Å². The first kappa shape index (κ1) is 17.5. The summed E-state index contributed by atoms with van der Waals surface area (Å²) in [6.07, 6.45) is 2.26. The summed E-state index contributed by atoms with van der Waals surface area (Å²) in [5, 5.41) is 0.915. The number of fused-ring (bicyclic) bond motifs is 1. The van der Waals surface area contributed by atoms with Gasteiger partial charge in [-0.05, 0) is 55.2 Å². The second kappa shape index (κ2) is 7.39. The lowest BCUT2D eigenvalue weighted by molar-refractivity contribution is 0.0685. The molecule has 1 aromatic heterocycles. The average molecular weight is 360 g/mol. The lowest BCUT2D eigenvalue weighted by atomic mass is 9.98. The molecule has 3 aromatic rings. The van der Waals surface area contributed by atoms with E-state index in [1.165, 1.54) is 6.42 Å². The Kier molecular flexibility index (Phi) is 4.80. The van der Waals surface area contributed by atoms with E-state index in [2.05, 4.69) is 6.92 Å². The largest absolute Gasteiger partial charge is 0.497 e. The minimum absolute atomic E-state index is 0.106. The van der Waals surface area contributed by atoms with Gasteiger partial charge in [-0.2, -0.15) is 0 Å². The summed E-state index contributed by atoms with van der Waals surface area (Å²) in [4.78, 5) is 20.1. The first-order chi connectivity index (χ1) is 13.2. The van der Waals surface area contributed by atoms with E-state index < -0.39 is 0 Å². The van der Waals surface area contributed by atoms with Crippen LogP contribution in [0.25, 0.3) is 22.2 Å². The van der Waals surface area contributed by atoms with E-state index in [4.69, 9.17) is 9.72 Å². The summed E-state index contributed by atoms with van der Waals surface area (Å²) in [6, 6.07) is 17.6. The fourth-order valence-corrected chi connectivity index (χ4v) is 3.81. The van der Waals surface area contributed by atoms with Crippen molar-refractivity contribution in [2.75, 3.05) is 20.2 Å². The second-order valence-corrected chi connectivity index (χ2v) is 7.30. The Labute approximate surface area is 159 Å². The van der Waals surface area contributed by atoms with E-state index in [0.717, 1.165) is 53.0 Å². The van der Waals surface area contributed by atoms with Crippen molar-refractivity contribution < 1.29 is 9.53 Å². The van der Waals surface area contributed by atoms with Crippen LogP contribution in [0.1, 0.15) is 30.1 Å². The van der Waals surface area contributed by atoms with Gasteiger partial charge in [0.1, 0.15) is 5.75 Å². The van der Waals surface area contributed by atoms with Gasteiger partial charge < -0.3 is 9.64 Å². The van der Waals surface area contributed by atoms with Crippen molar-refractivity contribution in [3.63, 3.8) is 0 Å². The molecule has 4 nitrogen and oxygen atoms in total. The van der Waals surface area contributed by atoms with Crippen molar-refractivity contribution in [3.05, 3.63) is 60.2 Å². The molecule has 1 saturated heterocycles. The number of likely N-dealkylation sites (tertiary alicyclic amines) is 1. The van der Waals surface area contributed by atoms with E-state index in [0.29, 0.717) is 5.92 Å². The summed E-state index contributed by atoms with van der Waals surface area (Å²) in [5.74, 6) is 1.46. The molecule has 1 amide bonds. The summed E-state index contributed by atoms with van der Waals surface area (Å²) in [5.41, 5.74) is 3.37. The van der Waals surface area contributed by atoms with Gasteiger partial charge >= 0.3 is 0 Å². The van der Waals surface area contributed by atoms with E-state index in [-0.39, 0.29) is 5.91 Å². The maximum Gasteiger partial charge on any atom is 0.254 e. The molecule has 2 aromatic carbocycles. The van der Waals surface area contributed by atoms with Gasteiger partial charge in [0.15, 0.2) is 0 Å². The molecule has 0 saturated carbocycles. The molecule has 4 heteroatoms. The number of hydrogen-bond donors (Lipinski definition) is 0. The molecule has 27 heavy (non-hydrogen) atoms. The molecular formula is C23H24N2O2. The Morgan fingerprint density at radius 2 is 1.93 bits per heavy atom. The molecule has 2 heterocycles. The molecule has 0 unspecified atom stereocenters. The topological polar surface area (TPSA) is 42.4 Å². The van der Waals surface area contributed by atoms with Crippen LogP contribution in [0.5, 0.6) is 5.75 Å². The number of carbonyl (C=O) groups excluding carboxylic acids is 1. The number of hydrogen-bond acceptors (Lipinski definition) is 3. The molecular weight excluding hydrogens is 336 g/mol. The minimum atomic E-state index is 0.106. The summed E-state index contributed by atoms with van der Waals surface area (Å²) in [7, 11) is 1.65. The number of pyridine rings is 1. The lowest BCUT2D eigenvalue weighted by Crippen LogP contribution is -2.39. The van der Waals surface area contributed by atoms with Crippen molar-refractivity contribution in [1.82, 2.24) is 9.88 Å². The van der Waals surface area contributed by atoms with Gasteiger partial charge in [-0.1, -0.05) is 25.1 Å². The summed E-state index contributed by atoms with van der Waals surface area (Å²) < 4.78 is 5.25.